The third-order valence-electron chi connectivity index (χ3n) is 4.80. The topological polar surface area (TPSA) is 113 Å². The fraction of sp³-hybridized carbons (Fsp3) is 0.526. The molecule has 166 valence electrons. The molecule has 0 spiro atoms. The average Bonchev–Trinajstić information content (AvgIpc) is 2.95. The van der Waals surface area contributed by atoms with Crippen molar-refractivity contribution in [2.45, 2.75) is 51.7 Å². The molecule has 0 radical (unpaired) electrons. The molecule has 1 heterocycles. The van der Waals surface area contributed by atoms with Crippen molar-refractivity contribution < 1.29 is 31.6 Å². The van der Waals surface area contributed by atoms with Gasteiger partial charge in [0.15, 0.2) is 11.6 Å². The first-order chi connectivity index (χ1) is 13.9. The number of sulfonamides is 1. The lowest BCUT2D eigenvalue weighted by atomic mass is 10.0. The molecule has 0 bridgehead atoms. The molecule has 1 aliphatic heterocycles. The van der Waals surface area contributed by atoms with Gasteiger partial charge < -0.3 is 10.2 Å². The van der Waals surface area contributed by atoms with Crippen LogP contribution in [0.3, 0.4) is 0 Å². The third-order valence-corrected chi connectivity index (χ3v) is 5.37. The Bertz CT molecular complexity index is 936. The number of carbonyl (C=O) groups excluding carboxylic acids is 3. The fourth-order valence-electron chi connectivity index (χ4n) is 3.30. The van der Waals surface area contributed by atoms with E-state index in [0.717, 1.165) is 12.3 Å². The molecule has 3 amide bonds. The zero-order valence-electron chi connectivity index (χ0n) is 16.9. The Morgan fingerprint density at radius 2 is 1.93 bits per heavy atom. The normalized spacial score (nSPS) is 17.9. The van der Waals surface area contributed by atoms with Gasteiger partial charge in [-0.25, -0.2) is 17.2 Å². The van der Waals surface area contributed by atoms with E-state index in [-0.39, 0.29) is 30.9 Å². The van der Waals surface area contributed by atoms with Crippen LogP contribution in [-0.2, 0) is 31.0 Å². The van der Waals surface area contributed by atoms with Gasteiger partial charge in [-0.1, -0.05) is 26.0 Å². The van der Waals surface area contributed by atoms with Crippen molar-refractivity contribution in [1.29, 1.82) is 0 Å². The summed E-state index contributed by atoms with van der Waals surface area (Å²) in [6.45, 7) is 3.11. The van der Waals surface area contributed by atoms with Crippen LogP contribution in [-0.4, -0.2) is 49.4 Å². The highest BCUT2D eigenvalue weighted by Gasteiger charge is 2.34. The fourth-order valence-corrected chi connectivity index (χ4v) is 3.80. The second-order valence-corrected chi connectivity index (χ2v) is 9.41. The van der Waals surface area contributed by atoms with Crippen molar-refractivity contribution in [3.05, 3.63) is 35.4 Å². The molecule has 30 heavy (non-hydrogen) atoms. The molecule has 2 rings (SSSR count). The van der Waals surface area contributed by atoms with E-state index < -0.39 is 51.5 Å². The maximum absolute atomic E-state index is 14.0. The first-order valence-electron chi connectivity index (χ1n) is 9.42. The summed E-state index contributed by atoms with van der Waals surface area (Å²) in [6, 6.07) is 2.04. The van der Waals surface area contributed by atoms with E-state index in [4.69, 9.17) is 0 Å². The number of hydrogen-bond donors (Lipinski definition) is 2. The van der Waals surface area contributed by atoms with E-state index in [9.17, 15) is 31.6 Å². The highest BCUT2D eigenvalue weighted by atomic mass is 32.2. The minimum atomic E-state index is -3.79. The lowest BCUT2D eigenvalue weighted by Gasteiger charge is -2.26. The van der Waals surface area contributed by atoms with Gasteiger partial charge in [0.1, 0.15) is 6.04 Å². The third kappa shape index (κ3) is 6.22. The Balaban J connectivity index is 2.07. The molecule has 2 N–H and O–H groups in total. The van der Waals surface area contributed by atoms with Crippen LogP contribution in [0.25, 0.3) is 0 Å². The van der Waals surface area contributed by atoms with Gasteiger partial charge in [0.05, 0.1) is 6.26 Å². The minimum absolute atomic E-state index is 0.00300. The van der Waals surface area contributed by atoms with Crippen molar-refractivity contribution in [2.75, 3.05) is 6.26 Å². The van der Waals surface area contributed by atoms with E-state index in [2.05, 4.69) is 5.32 Å². The van der Waals surface area contributed by atoms with E-state index in [1.165, 1.54) is 17.0 Å². The molecule has 11 heteroatoms. The van der Waals surface area contributed by atoms with Gasteiger partial charge in [-0.2, -0.15) is 0 Å². The lowest BCUT2D eigenvalue weighted by Crippen LogP contribution is -2.51. The Morgan fingerprint density at radius 1 is 1.27 bits per heavy atom. The largest absolute Gasteiger partial charge is 0.344 e. The summed E-state index contributed by atoms with van der Waals surface area (Å²) in [7, 11) is -3.79. The summed E-state index contributed by atoms with van der Waals surface area (Å²) in [5.41, 5.74) is 0.00300. The number of rotatable bonds is 8. The van der Waals surface area contributed by atoms with E-state index in [1.54, 1.807) is 13.8 Å². The molecule has 1 aromatic rings. The Labute approximate surface area is 174 Å². The molecular weight excluding hydrogens is 420 g/mol. The number of nitrogens with zero attached hydrogens (tertiary/aromatic N) is 1. The van der Waals surface area contributed by atoms with Crippen LogP contribution in [0.5, 0.6) is 0 Å². The van der Waals surface area contributed by atoms with E-state index >= 15 is 0 Å². The first kappa shape index (κ1) is 23.7. The number of halogens is 2. The molecule has 0 unspecified atom stereocenters. The number of carbonyl (C=O) groups is 3. The van der Waals surface area contributed by atoms with Crippen LogP contribution in [0, 0.1) is 17.6 Å². The van der Waals surface area contributed by atoms with Crippen LogP contribution in [0.4, 0.5) is 8.78 Å². The van der Waals surface area contributed by atoms with Gasteiger partial charge in [-0.05, 0) is 18.4 Å². The van der Waals surface area contributed by atoms with Gasteiger partial charge >= 0.3 is 0 Å². The second-order valence-electron chi connectivity index (χ2n) is 7.66. The molecule has 0 aromatic heterocycles. The maximum Gasteiger partial charge on any atom is 0.256 e. The first-order valence-corrected chi connectivity index (χ1v) is 11.3. The van der Waals surface area contributed by atoms with E-state index in [1.807, 2.05) is 4.72 Å². The summed E-state index contributed by atoms with van der Waals surface area (Å²) in [4.78, 5) is 38.2. The highest BCUT2D eigenvalue weighted by Crippen LogP contribution is 2.25. The summed E-state index contributed by atoms with van der Waals surface area (Å²) >= 11 is 0. The number of amides is 3. The van der Waals surface area contributed by atoms with Gasteiger partial charge in [-0.15, -0.1) is 0 Å². The van der Waals surface area contributed by atoms with Crippen LogP contribution < -0.4 is 10.0 Å². The summed E-state index contributed by atoms with van der Waals surface area (Å²) < 4.78 is 51.8. The second kappa shape index (κ2) is 9.50. The van der Waals surface area contributed by atoms with Crippen molar-refractivity contribution >= 4 is 27.7 Å². The number of nitrogens with one attached hydrogen (secondary N) is 2. The number of likely N-dealkylation sites (tertiary alicyclic amines) is 1. The molecule has 1 aromatic carbocycles. The average molecular weight is 445 g/mol. The molecule has 1 saturated heterocycles. The molecule has 1 aliphatic rings. The molecule has 2 atom stereocenters. The standard InChI is InChI=1S/C19H25F2N3O5S/c1-11(2)18(19(27)23-30(3,28)29)22-15(25)9-13-7-8-16(26)24(13)10-12-5-4-6-14(20)17(12)21/h4-6,11,13,18H,7-10H2,1-3H3,(H,22,25)(H,23,27)/t13-,18-/m0/s1. The SMILES string of the molecule is CC(C)[C@H](NC(=O)C[C@@H]1CCC(=O)N1Cc1cccc(F)c1F)C(=O)NS(C)(=O)=O. The van der Waals surface area contributed by atoms with Gasteiger partial charge in [-0.3, -0.25) is 19.1 Å². The van der Waals surface area contributed by atoms with Crippen molar-refractivity contribution in [2.24, 2.45) is 5.92 Å². The number of hydrogen-bond acceptors (Lipinski definition) is 5. The Hall–Kier alpha value is -2.56. The molecule has 1 fully saturated rings. The maximum atomic E-state index is 14.0. The smallest absolute Gasteiger partial charge is 0.256 e. The van der Waals surface area contributed by atoms with Gasteiger partial charge in [0.25, 0.3) is 5.91 Å². The Morgan fingerprint density at radius 3 is 2.53 bits per heavy atom. The van der Waals surface area contributed by atoms with E-state index in [0.29, 0.717) is 6.42 Å². The predicted octanol–water partition coefficient (Wildman–Crippen LogP) is 1.06. The molecule has 0 saturated carbocycles. The van der Waals surface area contributed by atoms with Crippen molar-refractivity contribution in [3.63, 3.8) is 0 Å². The highest BCUT2D eigenvalue weighted by molar-refractivity contribution is 7.89. The van der Waals surface area contributed by atoms with Crippen LogP contribution in [0.1, 0.15) is 38.7 Å². The van der Waals surface area contributed by atoms with Gasteiger partial charge in [0, 0.05) is 31.0 Å². The summed E-state index contributed by atoms with van der Waals surface area (Å²) in [6.07, 6.45) is 1.19. The Kier molecular flexibility index (Phi) is 7.51. The summed E-state index contributed by atoms with van der Waals surface area (Å²) in [5, 5.41) is 2.50. The van der Waals surface area contributed by atoms with Crippen LogP contribution in [0.2, 0.25) is 0 Å². The predicted molar refractivity (Wildman–Crippen MR) is 104 cm³/mol. The van der Waals surface area contributed by atoms with Crippen LogP contribution >= 0.6 is 0 Å². The quantitative estimate of drug-likeness (QED) is 0.621. The lowest BCUT2D eigenvalue weighted by molar-refractivity contribution is -0.132. The zero-order valence-corrected chi connectivity index (χ0v) is 17.8. The zero-order chi connectivity index (χ0) is 22.6. The monoisotopic (exact) mass is 445 g/mol. The van der Waals surface area contributed by atoms with Crippen molar-refractivity contribution in [1.82, 2.24) is 14.9 Å². The summed E-state index contributed by atoms with van der Waals surface area (Å²) in [5.74, 6) is -4.16. The van der Waals surface area contributed by atoms with Gasteiger partial charge in [0.2, 0.25) is 21.8 Å². The van der Waals surface area contributed by atoms with Crippen molar-refractivity contribution in [3.8, 4) is 0 Å². The minimum Gasteiger partial charge on any atom is -0.344 e. The molecule has 0 aliphatic carbocycles. The molecule has 8 nitrogen and oxygen atoms in total. The van der Waals surface area contributed by atoms with Crippen LogP contribution in [0.15, 0.2) is 18.2 Å². The number of benzene rings is 1. The molecular formula is C19H25F2N3O5S.